The Morgan fingerprint density at radius 1 is 0.480 bits per heavy atom. The van der Waals surface area contributed by atoms with Gasteiger partial charge in [-0.1, -0.05) is 24.3 Å². The molecule has 0 saturated carbocycles. The largest absolute Gasteiger partial charge is 0.507 e. The molecule has 4 N–H and O–H groups in total. The number of fused-ring (bicyclic) bond motifs is 2. The van der Waals surface area contributed by atoms with E-state index in [2.05, 4.69) is 0 Å². The fourth-order valence-corrected chi connectivity index (χ4v) is 2.89. The van der Waals surface area contributed by atoms with Crippen LogP contribution in [0.1, 0.15) is 0 Å². The molecular weight excluding hydrogens is 320 g/mol. The summed E-state index contributed by atoms with van der Waals surface area (Å²) in [6.07, 6.45) is 0. The van der Waals surface area contributed by atoms with E-state index in [9.17, 15) is 20.4 Å². The van der Waals surface area contributed by atoms with Gasteiger partial charge in [-0.05, 0) is 36.4 Å². The van der Waals surface area contributed by atoms with Crippen LogP contribution in [0.25, 0.3) is 21.5 Å². The van der Waals surface area contributed by atoms with Crippen LogP contribution in [0.3, 0.4) is 0 Å². The molecule has 5 heteroatoms. The molecule has 25 heavy (non-hydrogen) atoms. The number of hydrogen-bond donors (Lipinski definition) is 4. The molecule has 0 aliphatic heterocycles. The minimum Gasteiger partial charge on any atom is -0.507 e. The van der Waals surface area contributed by atoms with Gasteiger partial charge in [0, 0.05) is 21.5 Å². The van der Waals surface area contributed by atoms with Gasteiger partial charge in [-0.3, -0.25) is 0 Å². The highest BCUT2D eigenvalue weighted by Crippen LogP contribution is 2.44. The number of aromatic hydroxyl groups is 4. The van der Waals surface area contributed by atoms with Crippen molar-refractivity contribution in [2.24, 2.45) is 0 Å². The van der Waals surface area contributed by atoms with E-state index in [-0.39, 0.29) is 34.5 Å². The maximum atomic E-state index is 10.4. The molecule has 0 saturated heterocycles. The molecule has 0 atom stereocenters. The third-order valence-electron chi connectivity index (χ3n) is 4.17. The fraction of sp³-hybridized carbons (Fsp3) is 0. The molecule has 4 aromatic rings. The van der Waals surface area contributed by atoms with Crippen molar-refractivity contribution in [1.82, 2.24) is 0 Å². The molecule has 124 valence electrons. The minimum absolute atomic E-state index is 0.0587. The third-order valence-corrected chi connectivity index (χ3v) is 4.17. The fourth-order valence-electron chi connectivity index (χ4n) is 2.89. The molecule has 0 aliphatic carbocycles. The quantitative estimate of drug-likeness (QED) is 0.430. The standard InChI is InChI=1S/C20H14O5/c21-15-5-1-3-13-11(15)7-9-17(19(13)23)25-18-10-8-12-14(20(18)24)4-2-6-16(12)22/h1-10,21-24H. The van der Waals surface area contributed by atoms with Crippen molar-refractivity contribution in [2.45, 2.75) is 0 Å². The number of hydrogen-bond acceptors (Lipinski definition) is 5. The van der Waals surface area contributed by atoms with Gasteiger partial charge in [0.1, 0.15) is 11.5 Å². The van der Waals surface area contributed by atoms with Gasteiger partial charge in [0.25, 0.3) is 0 Å². The summed E-state index contributed by atoms with van der Waals surface area (Å²) in [4.78, 5) is 0. The van der Waals surface area contributed by atoms with Gasteiger partial charge in [0.2, 0.25) is 0 Å². The highest BCUT2D eigenvalue weighted by Gasteiger charge is 2.14. The monoisotopic (exact) mass is 334 g/mol. The molecule has 4 rings (SSSR count). The molecule has 0 aliphatic rings. The van der Waals surface area contributed by atoms with Gasteiger partial charge in [0.05, 0.1) is 0 Å². The Hall–Kier alpha value is -3.60. The van der Waals surface area contributed by atoms with Gasteiger partial charge in [-0.2, -0.15) is 0 Å². The number of ether oxygens (including phenoxy) is 1. The van der Waals surface area contributed by atoms with Crippen LogP contribution in [0.2, 0.25) is 0 Å². The Kier molecular flexibility index (Phi) is 3.28. The summed E-state index contributed by atoms with van der Waals surface area (Å²) in [5, 5.41) is 42.4. The molecule has 0 bridgehead atoms. The Morgan fingerprint density at radius 3 is 1.36 bits per heavy atom. The van der Waals surface area contributed by atoms with Crippen molar-refractivity contribution in [3.63, 3.8) is 0 Å². The summed E-state index contributed by atoms with van der Waals surface area (Å²) in [7, 11) is 0. The van der Waals surface area contributed by atoms with Crippen LogP contribution in [-0.4, -0.2) is 20.4 Å². The average molecular weight is 334 g/mol. The number of benzene rings is 4. The predicted octanol–water partition coefficient (Wildman–Crippen LogP) is 4.61. The topological polar surface area (TPSA) is 90.2 Å². The zero-order chi connectivity index (χ0) is 17.6. The van der Waals surface area contributed by atoms with Crippen LogP contribution in [0.15, 0.2) is 60.7 Å². The summed E-state index contributed by atoms with van der Waals surface area (Å²) >= 11 is 0. The maximum Gasteiger partial charge on any atom is 0.169 e. The van der Waals surface area contributed by atoms with E-state index < -0.39 is 0 Å². The third kappa shape index (κ3) is 2.33. The highest BCUT2D eigenvalue weighted by atomic mass is 16.5. The average Bonchev–Trinajstić information content (AvgIpc) is 2.61. The maximum absolute atomic E-state index is 10.4. The molecule has 0 fully saturated rings. The van der Waals surface area contributed by atoms with Crippen molar-refractivity contribution in [3.8, 4) is 34.5 Å². The van der Waals surface area contributed by atoms with E-state index in [1.165, 1.54) is 24.3 Å². The molecule has 0 aromatic heterocycles. The smallest absolute Gasteiger partial charge is 0.169 e. The lowest BCUT2D eigenvalue weighted by Gasteiger charge is -2.13. The van der Waals surface area contributed by atoms with Gasteiger partial charge in [0.15, 0.2) is 23.0 Å². The Balaban J connectivity index is 1.83. The Labute approximate surface area is 142 Å². The number of rotatable bonds is 2. The molecule has 0 amide bonds. The summed E-state index contributed by atoms with van der Waals surface area (Å²) < 4.78 is 5.67. The summed E-state index contributed by atoms with van der Waals surface area (Å²) in [5.41, 5.74) is 0. The second-order valence-electron chi connectivity index (χ2n) is 5.67. The van der Waals surface area contributed by atoms with Gasteiger partial charge in [-0.25, -0.2) is 0 Å². The minimum atomic E-state index is -0.135. The van der Waals surface area contributed by atoms with E-state index in [0.717, 1.165) is 0 Å². The van der Waals surface area contributed by atoms with Crippen LogP contribution >= 0.6 is 0 Å². The summed E-state index contributed by atoms with van der Waals surface area (Å²) in [6.45, 7) is 0. The zero-order valence-corrected chi connectivity index (χ0v) is 13.0. The lowest BCUT2D eigenvalue weighted by atomic mass is 10.1. The molecule has 4 aromatic carbocycles. The molecule has 0 radical (unpaired) electrons. The number of phenols is 4. The first-order chi connectivity index (χ1) is 12.1. The molecular formula is C20H14O5. The summed E-state index contributed by atoms with van der Waals surface area (Å²) in [6, 6.07) is 15.9. The molecule has 0 heterocycles. The first-order valence-electron chi connectivity index (χ1n) is 7.61. The highest BCUT2D eigenvalue weighted by molar-refractivity contribution is 5.96. The van der Waals surface area contributed by atoms with E-state index >= 15 is 0 Å². The second-order valence-corrected chi connectivity index (χ2v) is 5.67. The Bertz CT molecular complexity index is 1030. The van der Waals surface area contributed by atoms with E-state index in [1.54, 1.807) is 36.4 Å². The van der Waals surface area contributed by atoms with E-state index in [4.69, 9.17) is 4.74 Å². The SMILES string of the molecule is Oc1cccc2c(O)c(Oc3ccc4c(O)cccc4c3O)ccc12. The van der Waals surface area contributed by atoms with Gasteiger partial charge in [-0.15, -0.1) is 0 Å². The van der Waals surface area contributed by atoms with E-state index in [0.29, 0.717) is 21.5 Å². The normalized spacial score (nSPS) is 11.0. The second kappa shape index (κ2) is 5.49. The van der Waals surface area contributed by atoms with Crippen LogP contribution in [0, 0.1) is 0 Å². The van der Waals surface area contributed by atoms with Crippen molar-refractivity contribution in [1.29, 1.82) is 0 Å². The molecule has 0 spiro atoms. The van der Waals surface area contributed by atoms with Gasteiger partial charge < -0.3 is 25.2 Å². The molecule has 0 unspecified atom stereocenters. The van der Waals surface area contributed by atoms with Crippen molar-refractivity contribution < 1.29 is 25.2 Å². The zero-order valence-electron chi connectivity index (χ0n) is 13.0. The van der Waals surface area contributed by atoms with Crippen molar-refractivity contribution >= 4 is 21.5 Å². The first kappa shape index (κ1) is 15.0. The Morgan fingerprint density at radius 2 is 0.920 bits per heavy atom. The van der Waals surface area contributed by atoms with Crippen LogP contribution in [0.5, 0.6) is 34.5 Å². The van der Waals surface area contributed by atoms with Crippen LogP contribution in [-0.2, 0) is 0 Å². The molecule has 5 nitrogen and oxygen atoms in total. The predicted molar refractivity (Wildman–Crippen MR) is 94.6 cm³/mol. The van der Waals surface area contributed by atoms with Crippen molar-refractivity contribution in [3.05, 3.63) is 60.7 Å². The van der Waals surface area contributed by atoms with Crippen LogP contribution in [0.4, 0.5) is 0 Å². The number of phenolic OH excluding ortho intramolecular Hbond substituents is 4. The van der Waals surface area contributed by atoms with Crippen molar-refractivity contribution in [2.75, 3.05) is 0 Å². The van der Waals surface area contributed by atoms with Crippen LogP contribution < -0.4 is 4.74 Å². The lowest BCUT2D eigenvalue weighted by Crippen LogP contribution is -1.88. The summed E-state index contributed by atoms with van der Waals surface area (Å²) in [5.74, 6) is 0.139. The first-order valence-corrected chi connectivity index (χ1v) is 7.61. The van der Waals surface area contributed by atoms with Gasteiger partial charge >= 0.3 is 0 Å². The van der Waals surface area contributed by atoms with E-state index in [1.807, 2.05) is 0 Å². The lowest BCUT2D eigenvalue weighted by molar-refractivity contribution is 0.390.